The first-order valence-electron chi connectivity index (χ1n) is 7.06. The minimum Gasteiger partial charge on any atom is -0.460 e. The highest BCUT2D eigenvalue weighted by atomic mass is 16.3. The number of nitrogens with one attached hydrogen (secondary N) is 1. The van der Waals surface area contributed by atoms with E-state index in [1.54, 1.807) is 0 Å². The number of hydrogen-bond donors (Lipinski definition) is 2. The average Bonchev–Trinajstić information content (AvgIpc) is 2.88. The van der Waals surface area contributed by atoms with E-state index < -0.39 is 0 Å². The molecule has 0 unspecified atom stereocenters. The van der Waals surface area contributed by atoms with Crippen LogP contribution in [-0.4, -0.2) is 18.3 Å². The van der Waals surface area contributed by atoms with Gasteiger partial charge in [0, 0.05) is 18.7 Å². The molecule has 0 saturated carbocycles. The molecule has 3 heteroatoms. The van der Waals surface area contributed by atoms with Gasteiger partial charge in [-0.15, -0.1) is 0 Å². The van der Waals surface area contributed by atoms with Crippen LogP contribution in [0, 0.1) is 5.41 Å². The Hall–Kier alpha value is -1.58. The van der Waals surface area contributed by atoms with E-state index in [0.29, 0.717) is 6.54 Å². The van der Waals surface area contributed by atoms with Crippen molar-refractivity contribution < 1.29 is 9.52 Å². The lowest BCUT2D eigenvalue weighted by molar-refractivity contribution is 0.206. The lowest BCUT2D eigenvalue weighted by Crippen LogP contribution is -2.29. The summed E-state index contributed by atoms with van der Waals surface area (Å²) in [4.78, 5) is 0. The van der Waals surface area contributed by atoms with Crippen molar-refractivity contribution in [3.63, 3.8) is 0 Å². The van der Waals surface area contributed by atoms with E-state index in [1.165, 1.54) is 0 Å². The summed E-state index contributed by atoms with van der Waals surface area (Å²) >= 11 is 0. The number of rotatable bonds is 7. The van der Waals surface area contributed by atoms with Crippen LogP contribution < -0.4 is 5.32 Å². The second kappa shape index (κ2) is 6.73. The number of aliphatic hydroxyl groups excluding tert-OH is 1. The first kappa shape index (κ1) is 14.8. The van der Waals surface area contributed by atoms with Crippen LogP contribution in [0.3, 0.4) is 0 Å². The highest BCUT2D eigenvalue weighted by molar-refractivity contribution is 5.57. The predicted molar refractivity (Wildman–Crippen MR) is 81.3 cm³/mol. The van der Waals surface area contributed by atoms with Gasteiger partial charge in [-0.2, -0.15) is 0 Å². The molecule has 108 valence electrons. The van der Waals surface area contributed by atoms with Crippen LogP contribution in [0.2, 0.25) is 0 Å². The van der Waals surface area contributed by atoms with Gasteiger partial charge in [0.1, 0.15) is 11.5 Å². The molecule has 0 amide bonds. The standard InChI is InChI=1S/C17H23NO2/c1-17(2,10-11-19)13-18-12-15-8-9-16(20-15)14-6-4-3-5-7-14/h3-9,18-19H,10-13H2,1-2H3. The largest absolute Gasteiger partial charge is 0.460 e. The molecule has 0 fully saturated rings. The Labute approximate surface area is 120 Å². The summed E-state index contributed by atoms with van der Waals surface area (Å²) in [5.74, 6) is 1.83. The van der Waals surface area contributed by atoms with Crippen molar-refractivity contribution in [1.82, 2.24) is 5.32 Å². The summed E-state index contributed by atoms with van der Waals surface area (Å²) < 4.78 is 5.83. The number of aliphatic hydroxyl groups is 1. The molecule has 0 bridgehead atoms. The molecule has 0 spiro atoms. The fourth-order valence-electron chi connectivity index (χ4n) is 2.15. The second-order valence-corrected chi connectivity index (χ2v) is 5.87. The maximum absolute atomic E-state index is 9.00. The minimum atomic E-state index is 0.101. The maximum Gasteiger partial charge on any atom is 0.134 e. The molecule has 0 atom stereocenters. The molecular formula is C17H23NO2. The van der Waals surface area contributed by atoms with Crippen LogP contribution in [0.4, 0.5) is 0 Å². The van der Waals surface area contributed by atoms with Crippen LogP contribution in [-0.2, 0) is 6.54 Å². The van der Waals surface area contributed by atoms with Crippen LogP contribution in [0.5, 0.6) is 0 Å². The highest BCUT2D eigenvalue weighted by Crippen LogP contribution is 2.22. The molecule has 1 aromatic heterocycles. The Morgan fingerprint density at radius 2 is 1.85 bits per heavy atom. The van der Waals surface area contributed by atoms with Crippen molar-refractivity contribution in [3.05, 3.63) is 48.2 Å². The van der Waals surface area contributed by atoms with Gasteiger partial charge >= 0.3 is 0 Å². The molecule has 1 aromatic carbocycles. The van der Waals surface area contributed by atoms with Gasteiger partial charge in [-0.3, -0.25) is 0 Å². The normalized spacial score (nSPS) is 11.8. The molecular weight excluding hydrogens is 250 g/mol. The fourth-order valence-corrected chi connectivity index (χ4v) is 2.15. The van der Waals surface area contributed by atoms with E-state index in [2.05, 4.69) is 19.2 Å². The van der Waals surface area contributed by atoms with Gasteiger partial charge in [0.2, 0.25) is 0 Å². The topological polar surface area (TPSA) is 45.4 Å². The predicted octanol–water partition coefficient (Wildman–Crippen LogP) is 3.44. The van der Waals surface area contributed by atoms with Gasteiger partial charge in [-0.1, -0.05) is 44.2 Å². The van der Waals surface area contributed by atoms with Crippen LogP contribution in [0.1, 0.15) is 26.0 Å². The van der Waals surface area contributed by atoms with Crippen molar-refractivity contribution >= 4 is 0 Å². The SMILES string of the molecule is CC(C)(CCO)CNCc1ccc(-c2ccccc2)o1. The van der Waals surface area contributed by atoms with Crippen molar-refractivity contribution in [2.24, 2.45) is 5.41 Å². The number of benzene rings is 1. The Morgan fingerprint density at radius 3 is 2.55 bits per heavy atom. The minimum absolute atomic E-state index is 0.101. The summed E-state index contributed by atoms with van der Waals surface area (Å²) in [5, 5.41) is 12.4. The molecule has 0 aliphatic carbocycles. The molecule has 0 radical (unpaired) electrons. The van der Waals surface area contributed by atoms with E-state index in [9.17, 15) is 0 Å². The van der Waals surface area contributed by atoms with Gasteiger partial charge in [0.15, 0.2) is 0 Å². The van der Waals surface area contributed by atoms with Gasteiger partial charge in [-0.05, 0) is 24.0 Å². The van der Waals surface area contributed by atoms with E-state index in [0.717, 1.165) is 30.0 Å². The molecule has 3 nitrogen and oxygen atoms in total. The van der Waals surface area contributed by atoms with Crippen molar-refractivity contribution in [3.8, 4) is 11.3 Å². The Kier molecular flexibility index (Phi) is 4.99. The van der Waals surface area contributed by atoms with E-state index in [1.807, 2.05) is 42.5 Å². The van der Waals surface area contributed by atoms with Crippen molar-refractivity contribution in [2.45, 2.75) is 26.8 Å². The monoisotopic (exact) mass is 273 g/mol. The van der Waals surface area contributed by atoms with Crippen LogP contribution in [0.15, 0.2) is 46.9 Å². The first-order chi connectivity index (χ1) is 9.61. The van der Waals surface area contributed by atoms with E-state index in [4.69, 9.17) is 9.52 Å². The molecule has 2 N–H and O–H groups in total. The highest BCUT2D eigenvalue weighted by Gasteiger charge is 2.16. The van der Waals surface area contributed by atoms with Gasteiger partial charge < -0.3 is 14.8 Å². The summed E-state index contributed by atoms with van der Waals surface area (Å²) in [6.07, 6.45) is 0.799. The molecule has 0 saturated heterocycles. The summed E-state index contributed by atoms with van der Waals surface area (Å²) in [6, 6.07) is 14.1. The molecule has 20 heavy (non-hydrogen) atoms. The fraction of sp³-hybridized carbons (Fsp3) is 0.412. The molecule has 2 rings (SSSR count). The molecule has 2 aromatic rings. The van der Waals surface area contributed by atoms with Gasteiger partial charge in [0.25, 0.3) is 0 Å². The quantitative estimate of drug-likeness (QED) is 0.812. The van der Waals surface area contributed by atoms with Crippen molar-refractivity contribution in [2.75, 3.05) is 13.2 Å². The maximum atomic E-state index is 9.00. The Balaban J connectivity index is 1.88. The lowest BCUT2D eigenvalue weighted by Gasteiger charge is -2.23. The van der Waals surface area contributed by atoms with Gasteiger partial charge in [0.05, 0.1) is 6.54 Å². The molecule has 0 aliphatic rings. The zero-order valence-corrected chi connectivity index (χ0v) is 12.2. The Morgan fingerprint density at radius 1 is 1.10 bits per heavy atom. The molecule has 0 aliphatic heterocycles. The smallest absolute Gasteiger partial charge is 0.134 e. The van der Waals surface area contributed by atoms with E-state index in [-0.39, 0.29) is 12.0 Å². The number of furan rings is 1. The van der Waals surface area contributed by atoms with Crippen LogP contribution >= 0.6 is 0 Å². The summed E-state index contributed by atoms with van der Waals surface area (Å²) in [6.45, 7) is 6.09. The third kappa shape index (κ3) is 4.22. The summed E-state index contributed by atoms with van der Waals surface area (Å²) in [5.41, 5.74) is 1.20. The number of hydrogen-bond acceptors (Lipinski definition) is 3. The first-order valence-corrected chi connectivity index (χ1v) is 7.06. The van der Waals surface area contributed by atoms with Crippen LogP contribution in [0.25, 0.3) is 11.3 Å². The van der Waals surface area contributed by atoms with Gasteiger partial charge in [-0.25, -0.2) is 0 Å². The second-order valence-electron chi connectivity index (χ2n) is 5.87. The molecule has 1 heterocycles. The third-order valence-electron chi connectivity index (χ3n) is 3.41. The zero-order valence-electron chi connectivity index (χ0n) is 12.2. The average molecular weight is 273 g/mol. The third-order valence-corrected chi connectivity index (χ3v) is 3.41. The van der Waals surface area contributed by atoms with Crippen molar-refractivity contribution in [1.29, 1.82) is 0 Å². The van der Waals surface area contributed by atoms with E-state index >= 15 is 0 Å². The zero-order chi connectivity index (χ0) is 14.4. The Bertz CT molecular complexity index is 517. The summed E-state index contributed by atoms with van der Waals surface area (Å²) in [7, 11) is 0. The lowest BCUT2D eigenvalue weighted by atomic mass is 9.90.